The quantitative estimate of drug-likeness (QED) is 0.302. The van der Waals surface area contributed by atoms with Gasteiger partial charge in [0.1, 0.15) is 11.6 Å². The number of nitrogens with zero attached hydrogens (tertiary/aromatic N) is 3. The van der Waals surface area contributed by atoms with Gasteiger partial charge in [0.2, 0.25) is 15.9 Å². The van der Waals surface area contributed by atoms with Crippen molar-refractivity contribution in [2.24, 2.45) is 0 Å². The third-order valence-electron chi connectivity index (χ3n) is 7.34. The molecule has 0 spiro atoms. The fourth-order valence-corrected chi connectivity index (χ4v) is 7.16. The van der Waals surface area contributed by atoms with E-state index >= 15 is 0 Å². The summed E-state index contributed by atoms with van der Waals surface area (Å²) in [4.78, 5) is 16.3. The lowest BCUT2D eigenvalue weighted by Gasteiger charge is -2.38. The van der Waals surface area contributed by atoms with Crippen LogP contribution < -0.4 is 4.90 Å². The lowest BCUT2D eigenvalue weighted by molar-refractivity contribution is -0.137. The zero-order chi connectivity index (χ0) is 29.4. The van der Waals surface area contributed by atoms with Crippen LogP contribution in [0.25, 0.3) is 0 Å². The van der Waals surface area contributed by atoms with Crippen molar-refractivity contribution in [1.82, 2.24) is 9.21 Å². The Bertz CT molecular complexity index is 1440. The first kappa shape index (κ1) is 29.2. The van der Waals surface area contributed by atoms with Gasteiger partial charge in [-0.15, -0.1) is 0 Å². The average molecular weight is 594 g/mol. The van der Waals surface area contributed by atoms with Gasteiger partial charge in [-0.25, -0.2) is 17.2 Å². The van der Waals surface area contributed by atoms with Crippen LogP contribution in [0.2, 0.25) is 0 Å². The Morgan fingerprint density at radius 3 is 1.80 bits per heavy atom. The van der Waals surface area contributed by atoms with Crippen LogP contribution in [0, 0.1) is 11.6 Å². The Labute approximate surface area is 235 Å². The molecule has 2 aliphatic rings. The maximum atomic E-state index is 13.5. The van der Waals surface area contributed by atoms with Crippen LogP contribution in [0.15, 0.2) is 77.7 Å². The first-order valence-electron chi connectivity index (χ1n) is 13.2. The van der Waals surface area contributed by atoms with E-state index in [0.717, 1.165) is 12.1 Å². The Morgan fingerprint density at radius 2 is 1.32 bits per heavy atom. The van der Waals surface area contributed by atoms with Gasteiger partial charge in [-0.1, -0.05) is 6.07 Å². The minimum Gasteiger partial charge on any atom is -0.294 e. The molecule has 3 aromatic carbocycles. The summed E-state index contributed by atoms with van der Waals surface area (Å²) >= 11 is 0. The third-order valence-corrected chi connectivity index (χ3v) is 9.34. The number of amides is 1. The summed E-state index contributed by atoms with van der Waals surface area (Å²) in [7, 11) is -4.17. The molecule has 0 bridgehead atoms. The molecule has 1 saturated heterocycles. The maximum absolute atomic E-state index is 13.5. The highest BCUT2D eigenvalue weighted by molar-refractivity contribution is 7.89. The SMILES string of the molecule is O=C(CN1CCC(N(C2CC2)S(=O)(=O)c2cccc(C(F)(F)F)c2)CC1)N(c1ccc(F)cc1)c1ccc(F)cc1. The van der Waals surface area contributed by atoms with Crippen LogP contribution in [0.1, 0.15) is 31.2 Å². The number of likely N-dealkylation sites (tertiary alicyclic amines) is 1. The molecule has 1 saturated carbocycles. The van der Waals surface area contributed by atoms with E-state index in [0.29, 0.717) is 56.2 Å². The molecule has 0 N–H and O–H groups in total. The van der Waals surface area contributed by atoms with Gasteiger partial charge in [-0.05, 0) is 92.4 Å². The zero-order valence-corrected chi connectivity index (χ0v) is 22.7. The number of anilines is 2. The van der Waals surface area contributed by atoms with E-state index in [4.69, 9.17) is 0 Å². The number of hydrogen-bond acceptors (Lipinski definition) is 4. The molecular weight excluding hydrogens is 565 g/mol. The number of hydrogen-bond donors (Lipinski definition) is 0. The number of halogens is 5. The van der Waals surface area contributed by atoms with E-state index in [1.807, 2.05) is 4.90 Å². The van der Waals surface area contributed by atoms with E-state index < -0.39 is 39.4 Å². The number of benzene rings is 3. The summed E-state index contributed by atoms with van der Waals surface area (Å²) in [5.41, 5.74) is -0.204. The second-order valence-corrected chi connectivity index (χ2v) is 12.1. The van der Waals surface area contributed by atoms with Gasteiger partial charge in [0.05, 0.1) is 17.0 Å². The Kier molecular flexibility index (Phi) is 8.18. The summed E-state index contributed by atoms with van der Waals surface area (Å²) in [6, 6.07) is 13.8. The third kappa shape index (κ3) is 6.60. The molecule has 0 unspecified atom stereocenters. The lowest BCUT2D eigenvalue weighted by atomic mass is 10.0. The summed E-state index contributed by atoms with van der Waals surface area (Å²) in [6.45, 7) is 0.752. The summed E-state index contributed by atoms with van der Waals surface area (Å²) < 4.78 is 95.3. The summed E-state index contributed by atoms with van der Waals surface area (Å²) in [5.74, 6) is -1.28. The van der Waals surface area contributed by atoms with Gasteiger partial charge < -0.3 is 0 Å². The normalized spacial score (nSPS) is 17.1. The molecule has 1 aliphatic heterocycles. The molecule has 1 aliphatic carbocycles. The van der Waals surface area contributed by atoms with Crippen LogP contribution in [0.5, 0.6) is 0 Å². The van der Waals surface area contributed by atoms with Gasteiger partial charge in [-0.2, -0.15) is 17.5 Å². The van der Waals surface area contributed by atoms with Gasteiger partial charge >= 0.3 is 6.18 Å². The molecule has 0 atom stereocenters. The first-order valence-corrected chi connectivity index (χ1v) is 14.6. The number of alkyl halides is 3. The van der Waals surface area contributed by atoms with Crippen molar-refractivity contribution in [2.75, 3.05) is 24.5 Å². The van der Waals surface area contributed by atoms with E-state index in [-0.39, 0.29) is 23.4 Å². The standard InChI is InChI=1S/C29H28F5N3O3S/c30-21-4-8-23(9-5-21)36(24-10-6-22(31)7-11-24)28(38)19-35-16-14-26(15-17-35)37(25-12-13-25)41(39,40)27-3-1-2-20(18-27)29(32,33)34/h1-11,18,25-26H,12-17,19H2. The Morgan fingerprint density at radius 1 is 0.805 bits per heavy atom. The second-order valence-electron chi connectivity index (χ2n) is 10.3. The molecule has 1 amide bonds. The molecule has 5 rings (SSSR count). The minimum absolute atomic E-state index is 0.0225. The monoisotopic (exact) mass is 593 g/mol. The van der Waals surface area contributed by atoms with Crippen LogP contribution in [0.4, 0.5) is 33.3 Å². The van der Waals surface area contributed by atoms with E-state index in [9.17, 15) is 35.2 Å². The second kappa shape index (κ2) is 11.5. The molecule has 41 heavy (non-hydrogen) atoms. The smallest absolute Gasteiger partial charge is 0.294 e. The molecule has 6 nitrogen and oxygen atoms in total. The van der Waals surface area contributed by atoms with Crippen molar-refractivity contribution < 1.29 is 35.2 Å². The molecule has 2 fully saturated rings. The minimum atomic E-state index is -4.66. The van der Waals surface area contributed by atoms with Crippen molar-refractivity contribution in [3.05, 3.63) is 90.0 Å². The van der Waals surface area contributed by atoms with E-state index in [1.54, 1.807) is 0 Å². The predicted octanol–water partition coefficient (Wildman–Crippen LogP) is 5.97. The van der Waals surface area contributed by atoms with E-state index in [1.165, 1.54) is 63.8 Å². The highest BCUT2D eigenvalue weighted by atomic mass is 32.2. The highest BCUT2D eigenvalue weighted by Crippen LogP contribution is 2.38. The molecule has 1 heterocycles. The molecule has 12 heteroatoms. The summed E-state index contributed by atoms with van der Waals surface area (Å²) in [6.07, 6.45) is -2.59. The van der Waals surface area contributed by atoms with E-state index in [2.05, 4.69) is 0 Å². The van der Waals surface area contributed by atoms with Gasteiger partial charge in [0.15, 0.2) is 0 Å². The highest BCUT2D eigenvalue weighted by Gasteiger charge is 2.44. The largest absolute Gasteiger partial charge is 0.416 e. The summed E-state index contributed by atoms with van der Waals surface area (Å²) in [5, 5.41) is 0. The predicted molar refractivity (Wildman–Crippen MR) is 143 cm³/mol. The number of carbonyl (C=O) groups excluding carboxylic acids is 1. The van der Waals surface area contributed by atoms with Crippen LogP contribution in [0.3, 0.4) is 0 Å². The molecule has 0 radical (unpaired) electrons. The van der Waals surface area contributed by atoms with Crippen LogP contribution >= 0.6 is 0 Å². The van der Waals surface area contributed by atoms with Gasteiger partial charge in [0.25, 0.3) is 0 Å². The van der Waals surface area contributed by atoms with Crippen LogP contribution in [-0.4, -0.2) is 55.2 Å². The molecule has 218 valence electrons. The molecule has 3 aromatic rings. The Balaban J connectivity index is 1.30. The van der Waals surface area contributed by atoms with Crippen molar-refractivity contribution in [3.63, 3.8) is 0 Å². The fourth-order valence-electron chi connectivity index (χ4n) is 5.19. The van der Waals surface area contributed by atoms with Crippen molar-refractivity contribution in [1.29, 1.82) is 0 Å². The van der Waals surface area contributed by atoms with Crippen molar-refractivity contribution >= 4 is 27.3 Å². The number of piperidine rings is 1. The van der Waals surface area contributed by atoms with Crippen molar-refractivity contribution in [3.8, 4) is 0 Å². The zero-order valence-electron chi connectivity index (χ0n) is 21.9. The average Bonchev–Trinajstić information content (AvgIpc) is 3.77. The van der Waals surface area contributed by atoms with Crippen LogP contribution in [-0.2, 0) is 21.0 Å². The Hall–Kier alpha value is -3.35. The molecular formula is C29H28F5N3O3S. The number of sulfonamides is 1. The first-order chi connectivity index (χ1) is 19.4. The van der Waals surface area contributed by atoms with Gasteiger partial charge in [-0.3, -0.25) is 14.6 Å². The number of rotatable bonds is 8. The molecule has 0 aromatic heterocycles. The van der Waals surface area contributed by atoms with Crippen molar-refractivity contribution in [2.45, 2.75) is 48.8 Å². The lowest BCUT2D eigenvalue weighted by Crippen LogP contribution is -2.50. The maximum Gasteiger partial charge on any atom is 0.416 e. The topological polar surface area (TPSA) is 60.9 Å². The fraction of sp³-hybridized carbons (Fsp3) is 0.345. The van der Waals surface area contributed by atoms with Gasteiger partial charge in [0, 0.05) is 36.5 Å². The number of carbonyl (C=O) groups is 1.